The fourth-order valence-corrected chi connectivity index (χ4v) is 3.50. The maximum atomic E-state index is 13.5. The maximum Gasteiger partial charge on any atom is 0.123 e. The average Bonchev–Trinajstić information content (AvgIpc) is 3.11. The number of hydrogen-bond acceptors (Lipinski definition) is 3. The van der Waals surface area contributed by atoms with E-state index < -0.39 is 0 Å². The van der Waals surface area contributed by atoms with Crippen LogP contribution in [0, 0.1) is 5.82 Å². The van der Waals surface area contributed by atoms with Gasteiger partial charge >= 0.3 is 0 Å². The van der Waals surface area contributed by atoms with Crippen molar-refractivity contribution in [2.24, 2.45) is 0 Å². The number of pyridine rings is 2. The van der Waals surface area contributed by atoms with Crippen LogP contribution in [0.1, 0.15) is 23.5 Å². The first-order valence-corrected chi connectivity index (χ1v) is 8.61. The highest BCUT2D eigenvalue weighted by Gasteiger charge is 2.24. The Hall–Kier alpha value is -2.59. The predicted molar refractivity (Wildman–Crippen MR) is 96.5 cm³/mol. The highest BCUT2D eigenvalue weighted by Crippen LogP contribution is 2.30. The standard InChI is InChI=1S/C21H20FN3/c22-20-3-1-2-18(12-20)21-13-17(6-10-24-21)19-7-11-25(15-19)14-16-4-8-23-9-5-16/h1-6,8-10,12-13,19H,7,11,14-15H2/t19-/m1/s1. The molecule has 126 valence electrons. The van der Waals surface area contributed by atoms with Gasteiger partial charge in [0.1, 0.15) is 5.82 Å². The third-order valence-corrected chi connectivity index (χ3v) is 4.80. The van der Waals surface area contributed by atoms with E-state index in [-0.39, 0.29) is 5.82 Å². The van der Waals surface area contributed by atoms with Crippen molar-refractivity contribution in [3.63, 3.8) is 0 Å². The number of nitrogens with zero attached hydrogens (tertiary/aromatic N) is 3. The van der Waals surface area contributed by atoms with Crippen molar-refractivity contribution in [3.8, 4) is 11.3 Å². The maximum absolute atomic E-state index is 13.5. The van der Waals surface area contributed by atoms with E-state index in [2.05, 4.69) is 39.1 Å². The number of halogens is 1. The van der Waals surface area contributed by atoms with Crippen LogP contribution in [0.25, 0.3) is 11.3 Å². The first-order chi connectivity index (χ1) is 12.3. The highest BCUT2D eigenvalue weighted by atomic mass is 19.1. The van der Waals surface area contributed by atoms with E-state index in [1.807, 2.05) is 24.7 Å². The zero-order chi connectivity index (χ0) is 17.1. The minimum atomic E-state index is -0.228. The van der Waals surface area contributed by atoms with E-state index in [1.54, 1.807) is 6.07 Å². The van der Waals surface area contributed by atoms with E-state index in [1.165, 1.54) is 23.3 Å². The van der Waals surface area contributed by atoms with Crippen molar-refractivity contribution in [1.82, 2.24) is 14.9 Å². The van der Waals surface area contributed by atoms with Gasteiger partial charge in [0.05, 0.1) is 5.69 Å². The van der Waals surface area contributed by atoms with Gasteiger partial charge in [0.25, 0.3) is 0 Å². The van der Waals surface area contributed by atoms with Crippen LogP contribution in [-0.4, -0.2) is 28.0 Å². The lowest BCUT2D eigenvalue weighted by molar-refractivity contribution is 0.327. The van der Waals surface area contributed by atoms with Gasteiger partial charge in [-0.1, -0.05) is 12.1 Å². The summed E-state index contributed by atoms with van der Waals surface area (Å²) in [5.74, 6) is 0.270. The van der Waals surface area contributed by atoms with Gasteiger partial charge in [0, 0.05) is 37.2 Å². The Morgan fingerprint density at radius 3 is 2.76 bits per heavy atom. The first kappa shape index (κ1) is 15.9. The molecule has 1 saturated heterocycles. The highest BCUT2D eigenvalue weighted by molar-refractivity contribution is 5.59. The second-order valence-corrected chi connectivity index (χ2v) is 6.56. The minimum absolute atomic E-state index is 0.228. The molecule has 4 rings (SSSR count). The van der Waals surface area contributed by atoms with Crippen LogP contribution in [0.2, 0.25) is 0 Å². The Balaban J connectivity index is 1.48. The van der Waals surface area contributed by atoms with Gasteiger partial charge in [0.2, 0.25) is 0 Å². The molecule has 1 aromatic carbocycles. The van der Waals surface area contributed by atoms with Gasteiger partial charge < -0.3 is 0 Å². The van der Waals surface area contributed by atoms with Crippen molar-refractivity contribution in [2.75, 3.05) is 13.1 Å². The second-order valence-electron chi connectivity index (χ2n) is 6.56. The van der Waals surface area contributed by atoms with Crippen LogP contribution >= 0.6 is 0 Å². The Morgan fingerprint density at radius 2 is 1.92 bits per heavy atom. The monoisotopic (exact) mass is 333 g/mol. The molecule has 0 amide bonds. The van der Waals surface area contributed by atoms with Gasteiger partial charge in [-0.25, -0.2) is 4.39 Å². The number of hydrogen-bond donors (Lipinski definition) is 0. The molecule has 2 aromatic heterocycles. The topological polar surface area (TPSA) is 29.0 Å². The van der Waals surface area contributed by atoms with Crippen molar-refractivity contribution in [3.05, 3.63) is 84.1 Å². The Morgan fingerprint density at radius 1 is 1.04 bits per heavy atom. The van der Waals surface area contributed by atoms with Crippen LogP contribution in [0.5, 0.6) is 0 Å². The summed E-state index contributed by atoms with van der Waals surface area (Å²) in [5, 5.41) is 0. The summed E-state index contributed by atoms with van der Waals surface area (Å²) < 4.78 is 13.5. The molecule has 1 atom stereocenters. The van der Waals surface area contributed by atoms with Crippen LogP contribution < -0.4 is 0 Å². The van der Waals surface area contributed by atoms with Crippen LogP contribution in [-0.2, 0) is 6.54 Å². The van der Waals surface area contributed by atoms with Crippen molar-refractivity contribution in [1.29, 1.82) is 0 Å². The molecule has 0 saturated carbocycles. The van der Waals surface area contributed by atoms with E-state index in [0.29, 0.717) is 5.92 Å². The van der Waals surface area contributed by atoms with Gasteiger partial charge in [-0.05, 0) is 66.4 Å². The second kappa shape index (κ2) is 7.11. The van der Waals surface area contributed by atoms with Crippen molar-refractivity contribution < 1.29 is 4.39 Å². The molecule has 4 heteroatoms. The lowest BCUT2D eigenvalue weighted by Crippen LogP contribution is -2.19. The number of aromatic nitrogens is 2. The number of likely N-dealkylation sites (tertiary alicyclic amines) is 1. The van der Waals surface area contributed by atoms with Crippen molar-refractivity contribution in [2.45, 2.75) is 18.9 Å². The van der Waals surface area contributed by atoms with E-state index in [0.717, 1.165) is 37.3 Å². The summed E-state index contributed by atoms with van der Waals surface area (Å²) in [5.41, 5.74) is 4.25. The smallest absolute Gasteiger partial charge is 0.123 e. The molecule has 1 aliphatic heterocycles. The van der Waals surface area contributed by atoms with Gasteiger partial charge in [0.15, 0.2) is 0 Å². The molecule has 0 spiro atoms. The Kier molecular flexibility index (Phi) is 4.53. The molecule has 0 bridgehead atoms. The van der Waals surface area contributed by atoms with Gasteiger partial charge in [-0.3, -0.25) is 14.9 Å². The van der Waals surface area contributed by atoms with Crippen LogP contribution in [0.15, 0.2) is 67.1 Å². The lowest BCUT2D eigenvalue weighted by Gasteiger charge is -2.16. The minimum Gasteiger partial charge on any atom is -0.298 e. The summed E-state index contributed by atoms with van der Waals surface area (Å²) in [6.07, 6.45) is 6.66. The summed E-state index contributed by atoms with van der Waals surface area (Å²) >= 11 is 0. The van der Waals surface area contributed by atoms with Crippen LogP contribution in [0.3, 0.4) is 0 Å². The number of rotatable bonds is 4. The fraction of sp³-hybridized carbons (Fsp3) is 0.238. The fourth-order valence-electron chi connectivity index (χ4n) is 3.50. The number of benzene rings is 1. The molecular formula is C21H20FN3. The molecule has 0 aliphatic carbocycles. The van der Waals surface area contributed by atoms with Gasteiger partial charge in [-0.15, -0.1) is 0 Å². The molecule has 3 aromatic rings. The van der Waals surface area contributed by atoms with Crippen molar-refractivity contribution >= 4 is 0 Å². The molecule has 0 N–H and O–H groups in total. The Bertz CT molecular complexity index is 851. The molecule has 0 radical (unpaired) electrons. The third-order valence-electron chi connectivity index (χ3n) is 4.80. The molecular weight excluding hydrogens is 313 g/mol. The molecule has 25 heavy (non-hydrogen) atoms. The molecule has 3 nitrogen and oxygen atoms in total. The molecule has 0 unspecified atom stereocenters. The van der Waals surface area contributed by atoms with E-state index in [9.17, 15) is 4.39 Å². The average molecular weight is 333 g/mol. The largest absolute Gasteiger partial charge is 0.298 e. The zero-order valence-corrected chi connectivity index (χ0v) is 14.0. The third kappa shape index (κ3) is 3.74. The van der Waals surface area contributed by atoms with E-state index >= 15 is 0 Å². The molecule has 1 aliphatic rings. The first-order valence-electron chi connectivity index (χ1n) is 8.61. The summed E-state index contributed by atoms with van der Waals surface area (Å²) in [7, 11) is 0. The van der Waals surface area contributed by atoms with Gasteiger partial charge in [-0.2, -0.15) is 0 Å². The van der Waals surface area contributed by atoms with Crippen LogP contribution in [0.4, 0.5) is 4.39 Å². The SMILES string of the molecule is Fc1cccc(-c2cc([C@@H]3CCN(Cc4ccncc4)C3)ccn2)c1. The Labute approximate surface area is 147 Å². The normalized spacial score (nSPS) is 17.7. The summed E-state index contributed by atoms with van der Waals surface area (Å²) in [4.78, 5) is 11.0. The predicted octanol–water partition coefficient (Wildman–Crippen LogP) is 4.27. The lowest BCUT2D eigenvalue weighted by atomic mass is 9.97. The summed E-state index contributed by atoms with van der Waals surface area (Å²) in [6.45, 7) is 3.08. The van der Waals surface area contributed by atoms with E-state index in [4.69, 9.17) is 0 Å². The molecule has 1 fully saturated rings. The summed E-state index contributed by atoms with van der Waals surface area (Å²) in [6, 6.07) is 15.0. The molecule has 3 heterocycles. The zero-order valence-electron chi connectivity index (χ0n) is 14.0. The quantitative estimate of drug-likeness (QED) is 0.714.